The summed E-state index contributed by atoms with van der Waals surface area (Å²) in [4.78, 5) is 39.7. The molecule has 3 aromatic rings. The van der Waals surface area contributed by atoms with Gasteiger partial charge in [0.2, 0.25) is 0 Å². The summed E-state index contributed by atoms with van der Waals surface area (Å²) < 4.78 is 27.5. The summed E-state index contributed by atoms with van der Waals surface area (Å²) in [5, 5.41) is 2.66. The Balaban J connectivity index is 1.92. The number of rotatable bonds is 4. The van der Waals surface area contributed by atoms with E-state index in [9.17, 15) is 23.2 Å². The van der Waals surface area contributed by atoms with Gasteiger partial charge in [0.05, 0.1) is 16.9 Å². The molecule has 8 heteroatoms. The first-order valence-electron chi connectivity index (χ1n) is 7.98. The number of benzene rings is 2. The van der Waals surface area contributed by atoms with E-state index in [-0.39, 0.29) is 10.9 Å². The van der Waals surface area contributed by atoms with Crippen LogP contribution in [0.4, 0.5) is 8.78 Å². The fraction of sp³-hybridized carbons (Fsp3) is 0.105. The van der Waals surface area contributed by atoms with Crippen LogP contribution in [0, 0.1) is 11.6 Å². The molecule has 0 saturated carbocycles. The number of carbonyl (C=O) groups excluding carboxylic acids is 1. The van der Waals surface area contributed by atoms with E-state index in [0.717, 1.165) is 6.07 Å². The smallest absolute Gasteiger partial charge is 0.333 e. The average Bonchev–Trinajstić information content (AvgIpc) is 2.61. The van der Waals surface area contributed by atoms with E-state index in [0.29, 0.717) is 16.2 Å². The molecule has 0 unspecified atom stereocenters. The number of nitrogens with zero attached hydrogens (tertiary/aromatic N) is 1. The van der Waals surface area contributed by atoms with Crippen LogP contribution in [0.3, 0.4) is 0 Å². The van der Waals surface area contributed by atoms with Crippen molar-refractivity contribution in [3.05, 3.63) is 87.1 Å². The molecule has 1 atom stereocenters. The van der Waals surface area contributed by atoms with E-state index in [1.807, 2.05) is 0 Å². The Morgan fingerprint density at radius 2 is 1.89 bits per heavy atom. The molecule has 6 nitrogen and oxygen atoms in total. The third-order valence-corrected chi connectivity index (χ3v) is 4.11. The van der Waals surface area contributed by atoms with Crippen molar-refractivity contribution < 1.29 is 13.6 Å². The van der Waals surface area contributed by atoms with Crippen molar-refractivity contribution in [3.8, 4) is 0 Å². The molecule has 3 rings (SSSR count). The van der Waals surface area contributed by atoms with Crippen LogP contribution >= 0.6 is 0 Å². The highest BCUT2D eigenvalue weighted by Gasteiger charge is 2.19. The third kappa shape index (κ3) is 3.41. The number of halogens is 2. The van der Waals surface area contributed by atoms with Gasteiger partial charge < -0.3 is 10.3 Å². The summed E-state index contributed by atoms with van der Waals surface area (Å²) in [5.74, 6) is -2.41. The highest BCUT2D eigenvalue weighted by molar-refractivity contribution is 6.13. The van der Waals surface area contributed by atoms with Gasteiger partial charge in [0.25, 0.3) is 11.5 Å². The lowest BCUT2D eigenvalue weighted by atomic mass is 10.1. The molecule has 0 aliphatic rings. The second kappa shape index (κ2) is 6.99. The molecular weight excluding hydrogens is 356 g/mol. The lowest BCUT2D eigenvalue weighted by Crippen LogP contribution is -2.39. The first-order chi connectivity index (χ1) is 12.8. The van der Waals surface area contributed by atoms with Crippen molar-refractivity contribution in [3.63, 3.8) is 0 Å². The normalized spacial score (nSPS) is 12.0. The fourth-order valence-corrected chi connectivity index (χ4v) is 2.72. The molecule has 0 bridgehead atoms. The predicted octanol–water partition coefficient (Wildman–Crippen LogP) is 2.32. The molecule has 0 aliphatic heterocycles. The van der Waals surface area contributed by atoms with Crippen molar-refractivity contribution >= 4 is 22.5 Å². The largest absolute Gasteiger partial charge is 0.344 e. The number of aromatic nitrogens is 2. The van der Waals surface area contributed by atoms with Crippen molar-refractivity contribution in [2.75, 3.05) is 0 Å². The minimum atomic E-state index is -0.843. The minimum Gasteiger partial charge on any atom is -0.344 e. The summed E-state index contributed by atoms with van der Waals surface area (Å²) in [5.41, 5.74) is -1.55. The van der Waals surface area contributed by atoms with Crippen molar-refractivity contribution in [2.45, 2.75) is 13.0 Å². The number of fused-ring (bicyclic) bond motifs is 1. The van der Waals surface area contributed by atoms with Gasteiger partial charge in [0.15, 0.2) is 0 Å². The first kappa shape index (κ1) is 18.2. The Labute approximate surface area is 151 Å². The topological polar surface area (TPSA) is 84.0 Å². The molecule has 0 spiro atoms. The maximum atomic E-state index is 13.9. The molecule has 0 fully saturated rings. The Bertz CT molecular complexity index is 1180. The molecule has 2 N–H and O–H groups in total. The molecule has 2 aromatic carbocycles. The van der Waals surface area contributed by atoms with E-state index in [2.05, 4.69) is 16.9 Å². The lowest BCUT2D eigenvalue weighted by Gasteiger charge is -2.16. The number of para-hydroxylation sites is 1. The van der Waals surface area contributed by atoms with Gasteiger partial charge in [-0.3, -0.25) is 9.59 Å². The molecule has 0 aliphatic carbocycles. The van der Waals surface area contributed by atoms with Crippen LogP contribution in [0.2, 0.25) is 0 Å². The SMILES string of the molecule is C=C(C(=O)N[C@@H](C)c1ccc(F)cc1F)n1c(=O)[nH]c2ccccc2c1=O. The van der Waals surface area contributed by atoms with Crippen molar-refractivity contribution in [1.82, 2.24) is 14.9 Å². The van der Waals surface area contributed by atoms with Crippen molar-refractivity contribution in [1.29, 1.82) is 0 Å². The average molecular weight is 371 g/mol. The zero-order valence-corrected chi connectivity index (χ0v) is 14.3. The number of H-pyrrole nitrogens is 1. The summed E-state index contributed by atoms with van der Waals surface area (Å²) in [7, 11) is 0. The third-order valence-electron chi connectivity index (χ3n) is 4.11. The van der Waals surface area contributed by atoms with Gasteiger partial charge in [-0.2, -0.15) is 0 Å². The second-order valence-electron chi connectivity index (χ2n) is 5.92. The lowest BCUT2D eigenvalue weighted by molar-refractivity contribution is -0.116. The summed E-state index contributed by atoms with van der Waals surface area (Å²) >= 11 is 0. The van der Waals surface area contributed by atoms with Gasteiger partial charge in [-0.05, 0) is 25.1 Å². The van der Waals surface area contributed by atoms with Crippen LogP contribution in [-0.4, -0.2) is 15.5 Å². The van der Waals surface area contributed by atoms with E-state index in [1.54, 1.807) is 18.2 Å². The Morgan fingerprint density at radius 1 is 1.19 bits per heavy atom. The van der Waals surface area contributed by atoms with E-state index >= 15 is 0 Å². The fourth-order valence-electron chi connectivity index (χ4n) is 2.72. The summed E-state index contributed by atoms with van der Waals surface area (Å²) in [6.45, 7) is 4.99. The summed E-state index contributed by atoms with van der Waals surface area (Å²) in [6.07, 6.45) is 0. The molecule has 1 aromatic heterocycles. The van der Waals surface area contributed by atoms with Gasteiger partial charge in [0, 0.05) is 11.6 Å². The number of amides is 1. The van der Waals surface area contributed by atoms with Crippen LogP contribution in [0.5, 0.6) is 0 Å². The highest BCUT2D eigenvalue weighted by Crippen LogP contribution is 2.18. The first-order valence-corrected chi connectivity index (χ1v) is 7.98. The van der Waals surface area contributed by atoms with Gasteiger partial charge in [-0.25, -0.2) is 18.1 Å². The van der Waals surface area contributed by atoms with Gasteiger partial charge >= 0.3 is 5.69 Å². The quantitative estimate of drug-likeness (QED) is 0.691. The van der Waals surface area contributed by atoms with E-state index in [4.69, 9.17) is 0 Å². The maximum absolute atomic E-state index is 13.9. The van der Waals surface area contributed by atoms with E-state index < -0.39 is 40.5 Å². The van der Waals surface area contributed by atoms with Crippen LogP contribution < -0.4 is 16.6 Å². The standard InChI is InChI=1S/C19H15F2N3O3/c1-10(13-8-7-12(20)9-15(13)21)22-17(25)11(2)24-18(26)14-5-3-4-6-16(14)23-19(24)27/h3-10H,2H2,1H3,(H,22,25)(H,23,27)/t10-/m0/s1. The molecule has 1 heterocycles. The second-order valence-corrected chi connectivity index (χ2v) is 5.92. The molecule has 1 amide bonds. The number of nitrogens with one attached hydrogen (secondary N) is 2. The van der Waals surface area contributed by atoms with Gasteiger partial charge in [0.1, 0.15) is 17.3 Å². The Hall–Kier alpha value is -3.55. The number of aromatic amines is 1. The van der Waals surface area contributed by atoms with Crippen molar-refractivity contribution in [2.24, 2.45) is 0 Å². The van der Waals surface area contributed by atoms with Crippen LogP contribution in [0.25, 0.3) is 16.6 Å². The van der Waals surface area contributed by atoms with Crippen LogP contribution in [0.15, 0.2) is 58.6 Å². The minimum absolute atomic E-state index is 0.0531. The highest BCUT2D eigenvalue weighted by atomic mass is 19.1. The monoisotopic (exact) mass is 371 g/mol. The van der Waals surface area contributed by atoms with Crippen LogP contribution in [0.1, 0.15) is 18.5 Å². The molecule has 138 valence electrons. The van der Waals surface area contributed by atoms with Gasteiger partial charge in [-0.15, -0.1) is 0 Å². The zero-order chi connectivity index (χ0) is 19.7. The molecule has 0 saturated heterocycles. The molecule has 0 radical (unpaired) electrons. The van der Waals surface area contributed by atoms with Gasteiger partial charge in [-0.1, -0.05) is 24.8 Å². The van der Waals surface area contributed by atoms with Crippen LogP contribution in [-0.2, 0) is 4.79 Å². The maximum Gasteiger partial charge on any atom is 0.333 e. The number of carbonyl (C=O) groups is 1. The Kier molecular flexibility index (Phi) is 4.72. The van der Waals surface area contributed by atoms with E-state index in [1.165, 1.54) is 19.1 Å². The predicted molar refractivity (Wildman–Crippen MR) is 97.1 cm³/mol. The zero-order valence-electron chi connectivity index (χ0n) is 14.3. The molecule has 27 heavy (non-hydrogen) atoms. The number of hydrogen-bond acceptors (Lipinski definition) is 3. The number of hydrogen-bond donors (Lipinski definition) is 2. The summed E-state index contributed by atoms with van der Waals surface area (Å²) in [6, 6.07) is 8.46. The molecular formula is C19H15F2N3O3. The Morgan fingerprint density at radius 3 is 2.59 bits per heavy atom.